The summed E-state index contributed by atoms with van der Waals surface area (Å²) >= 11 is 0. The van der Waals surface area contributed by atoms with Gasteiger partial charge < -0.3 is 0 Å². The number of hydrogen-bond donors (Lipinski definition) is 0. The first-order valence-electron chi connectivity index (χ1n) is 5.44. The van der Waals surface area contributed by atoms with Gasteiger partial charge in [0.05, 0.1) is 0 Å². The third-order valence-corrected chi connectivity index (χ3v) is 4.72. The summed E-state index contributed by atoms with van der Waals surface area (Å²) in [5.74, 6) is 2.52. The monoisotopic (exact) mass is 176 g/mol. The van der Waals surface area contributed by atoms with E-state index >= 15 is 0 Å². The SMILES string of the molecule is CC(=O)[C@@]12CCC[C@@H]1[C@H]1C=C[C@@H]2C1. The fraction of sp³-hybridized carbons (Fsp3) is 0.750. The molecule has 0 saturated heterocycles. The molecule has 1 heteroatoms. The minimum Gasteiger partial charge on any atom is -0.299 e. The molecule has 2 fully saturated rings. The van der Waals surface area contributed by atoms with Gasteiger partial charge in [-0.05, 0) is 43.9 Å². The predicted octanol–water partition coefficient (Wildman–Crippen LogP) is 2.57. The molecule has 2 bridgehead atoms. The van der Waals surface area contributed by atoms with Crippen LogP contribution in [0.5, 0.6) is 0 Å². The Kier molecular flexibility index (Phi) is 1.35. The fourth-order valence-corrected chi connectivity index (χ4v) is 4.22. The maximum Gasteiger partial charge on any atom is 0.136 e. The largest absolute Gasteiger partial charge is 0.299 e. The first-order valence-corrected chi connectivity index (χ1v) is 5.44. The van der Waals surface area contributed by atoms with Crippen LogP contribution in [0.25, 0.3) is 0 Å². The Bertz CT molecular complexity index is 291. The molecule has 0 aromatic heterocycles. The van der Waals surface area contributed by atoms with E-state index < -0.39 is 0 Å². The Morgan fingerprint density at radius 3 is 3.00 bits per heavy atom. The number of rotatable bonds is 1. The molecule has 0 radical (unpaired) electrons. The Morgan fingerprint density at radius 1 is 1.46 bits per heavy atom. The lowest BCUT2D eigenvalue weighted by atomic mass is 9.68. The highest BCUT2D eigenvalue weighted by molar-refractivity contribution is 5.84. The Labute approximate surface area is 79.2 Å². The van der Waals surface area contributed by atoms with Crippen molar-refractivity contribution in [3.8, 4) is 0 Å². The average molecular weight is 176 g/mol. The summed E-state index contributed by atoms with van der Waals surface area (Å²) in [6.07, 6.45) is 9.68. The van der Waals surface area contributed by atoms with E-state index in [0.29, 0.717) is 17.6 Å². The molecule has 3 aliphatic rings. The molecule has 0 aliphatic heterocycles. The second-order valence-electron chi connectivity index (χ2n) is 4.99. The zero-order chi connectivity index (χ0) is 9.05. The topological polar surface area (TPSA) is 17.1 Å². The van der Waals surface area contributed by atoms with Gasteiger partial charge in [-0.25, -0.2) is 0 Å². The van der Waals surface area contributed by atoms with Crippen molar-refractivity contribution in [1.29, 1.82) is 0 Å². The molecule has 0 N–H and O–H groups in total. The van der Waals surface area contributed by atoms with Crippen molar-refractivity contribution in [2.75, 3.05) is 0 Å². The van der Waals surface area contributed by atoms with Crippen LogP contribution in [0.4, 0.5) is 0 Å². The van der Waals surface area contributed by atoms with Gasteiger partial charge in [0.2, 0.25) is 0 Å². The summed E-state index contributed by atoms with van der Waals surface area (Å²) in [6, 6.07) is 0. The second kappa shape index (κ2) is 2.26. The van der Waals surface area contributed by atoms with E-state index in [1.807, 2.05) is 6.92 Å². The molecule has 1 nitrogen and oxygen atoms in total. The lowest BCUT2D eigenvalue weighted by Crippen LogP contribution is -2.36. The van der Waals surface area contributed by atoms with Crippen molar-refractivity contribution >= 4 is 5.78 Å². The third-order valence-electron chi connectivity index (χ3n) is 4.72. The van der Waals surface area contributed by atoms with Crippen LogP contribution in [-0.4, -0.2) is 5.78 Å². The van der Waals surface area contributed by atoms with E-state index in [1.54, 1.807) is 0 Å². The highest BCUT2D eigenvalue weighted by Crippen LogP contribution is 2.63. The Morgan fingerprint density at radius 2 is 2.31 bits per heavy atom. The highest BCUT2D eigenvalue weighted by atomic mass is 16.1. The lowest BCUT2D eigenvalue weighted by molar-refractivity contribution is -0.129. The quantitative estimate of drug-likeness (QED) is 0.561. The first-order chi connectivity index (χ1) is 6.25. The van der Waals surface area contributed by atoms with Crippen molar-refractivity contribution in [2.45, 2.75) is 32.6 Å². The van der Waals surface area contributed by atoms with E-state index in [-0.39, 0.29) is 5.41 Å². The molecule has 0 unspecified atom stereocenters. The smallest absolute Gasteiger partial charge is 0.136 e. The third kappa shape index (κ3) is 0.722. The zero-order valence-electron chi connectivity index (χ0n) is 8.12. The minimum absolute atomic E-state index is 0.0966. The number of ketones is 1. The molecular formula is C12H16O. The van der Waals surface area contributed by atoms with E-state index in [4.69, 9.17) is 0 Å². The van der Waals surface area contributed by atoms with Crippen molar-refractivity contribution in [2.24, 2.45) is 23.2 Å². The van der Waals surface area contributed by atoms with Gasteiger partial charge in [0, 0.05) is 5.41 Å². The number of allylic oxidation sites excluding steroid dienone is 2. The molecule has 13 heavy (non-hydrogen) atoms. The molecule has 70 valence electrons. The van der Waals surface area contributed by atoms with E-state index in [2.05, 4.69) is 12.2 Å². The summed E-state index contributed by atoms with van der Waals surface area (Å²) in [4.78, 5) is 11.8. The maximum atomic E-state index is 11.8. The van der Waals surface area contributed by atoms with Crippen LogP contribution in [0.3, 0.4) is 0 Å². The second-order valence-corrected chi connectivity index (χ2v) is 4.99. The maximum absolute atomic E-state index is 11.8. The van der Waals surface area contributed by atoms with Gasteiger partial charge in [0.25, 0.3) is 0 Å². The predicted molar refractivity (Wildman–Crippen MR) is 51.2 cm³/mol. The standard InChI is InChI=1S/C12H16O/c1-8(13)12-6-2-3-11(12)9-4-5-10(12)7-9/h4-5,9-11H,2-3,6-7H2,1H3/t9-,10+,11+,12+/m0/s1. The zero-order valence-corrected chi connectivity index (χ0v) is 8.12. The van der Waals surface area contributed by atoms with Crippen molar-refractivity contribution in [1.82, 2.24) is 0 Å². The summed E-state index contributed by atoms with van der Waals surface area (Å²) in [7, 11) is 0. The van der Waals surface area contributed by atoms with Gasteiger partial charge in [-0.2, -0.15) is 0 Å². The minimum atomic E-state index is 0.0966. The summed E-state index contributed by atoms with van der Waals surface area (Å²) in [5, 5.41) is 0. The van der Waals surface area contributed by atoms with Crippen LogP contribution >= 0.6 is 0 Å². The number of Topliss-reactive ketones (excluding diaryl/α,β-unsaturated/α-hetero) is 1. The van der Waals surface area contributed by atoms with Gasteiger partial charge in [0.1, 0.15) is 5.78 Å². The van der Waals surface area contributed by atoms with Gasteiger partial charge >= 0.3 is 0 Å². The molecule has 3 rings (SSSR count). The van der Waals surface area contributed by atoms with Gasteiger partial charge in [-0.3, -0.25) is 4.79 Å². The average Bonchev–Trinajstić information content (AvgIpc) is 2.76. The summed E-state index contributed by atoms with van der Waals surface area (Å²) in [6.45, 7) is 1.81. The lowest BCUT2D eigenvalue weighted by Gasteiger charge is -2.34. The van der Waals surface area contributed by atoms with E-state index in [9.17, 15) is 4.79 Å². The normalized spacial score (nSPS) is 51.3. The first kappa shape index (κ1) is 7.78. The number of fused-ring (bicyclic) bond motifs is 5. The number of hydrogen-bond acceptors (Lipinski definition) is 1. The van der Waals surface area contributed by atoms with Crippen LogP contribution in [0.2, 0.25) is 0 Å². The highest BCUT2D eigenvalue weighted by Gasteiger charge is 2.60. The van der Waals surface area contributed by atoms with Gasteiger partial charge in [-0.15, -0.1) is 0 Å². The fourth-order valence-electron chi connectivity index (χ4n) is 4.22. The molecule has 0 heterocycles. The van der Waals surface area contributed by atoms with Crippen molar-refractivity contribution in [3.63, 3.8) is 0 Å². The van der Waals surface area contributed by atoms with Gasteiger partial charge in [-0.1, -0.05) is 18.6 Å². The summed E-state index contributed by atoms with van der Waals surface area (Å²) < 4.78 is 0. The molecule has 0 aromatic carbocycles. The Balaban J connectivity index is 2.09. The van der Waals surface area contributed by atoms with Crippen molar-refractivity contribution < 1.29 is 4.79 Å². The molecule has 3 aliphatic carbocycles. The molecular weight excluding hydrogens is 160 g/mol. The molecule has 0 aromatic rings. The van der Waals surface area contributed by atoms with Crippen LogP contribution < -0.4 is 0 Å². The number of carbonyl (C=O) groups is 1. The summed E-state index contributed by atoms with van der Waals surface area (Å²) in [5.41, 5.74) is 0.0966. The molecule has 0 amide bonds. The van der Waals surface area contributed by atoms with Crippen LogP contribution in [0.1, 0.15) is 32.6 Å². The van der Waals surface area contributed by atoms with Gasteiger partial charge in [0.15, 0.2) is 0 Å². The van der Waals surface area contributed by atoms with E-state index in [1.165, 1.54) is 25.7 Å². The Hall–Kier alpha value is -0.590. The van der Waals surface area contributed by atoms with Crippen LogP contribution in [0.15, 0.2) is 12.2 Å². The molecule has 0 spiro atoms. The number of carbonyl (C=O) groups excluding carboxylic acids is 1. The van der Waals surface area contributed by atoms with Crippen LogP contribution in [-0.2, 0) is 4.79 Å². The molecule has 4 atom stereocenters. The van der Waals surface area contributed by atoms with Crippen molar-refractivity contribution in [3.05, 3.63) is 12.2 Å². The van der Waals surface area contributed by atoms with Crippen LogP contribution in [0, 0.1) is 23.2 Å². The van der Waals surface area contributed by atoms with E-state index in [0.717, 1.165) is 5.92 Å². The molecule has 2 saturated carbocycles.